The smallest absolute Gasteiger partial charge is 0.269 e. The number of aryl methyl sites for hydroxylation is 1. The second-order valence-corrected chi connectivity index (χ2v) is 8.55. The zero-order valence-corrected chi connectivity index (χ0v) is 16.5. The SMILES string of the molecule is Cc1ccccc1OCCN1CCN(S(=O)(=O)c2ccc([N+](=O)[O-])cc2)CC1. The molecule has 0 amide bonds. The summed E-state index contributed by atoms with van der Waals surface area (Å²) in [5, 5.41) is 10.7. The van der Waals surface area contributed by atoms with E-state index in [4.69, 9.17) is 4.74 Å². The number of hydrogen-bond acceptors (Lipinski definition) is 6. The number of rotatable bonds is 7. The minimum Gasteiger partial charge on any atom is -0.492 e. The molecule has 28 heavy (non-hydrogen) atoms. The summed E-state index contributed by atoms with van der Waals surface area (Å²) in [6.45, 7) is 5.25. The Labute approximate surface area is 164 Å². The van der Waals surface area contributed by atoms with Gasteiger partial charge in [-0.1, -0.05) is 18.2 Å². The molecular weight excluding hydrogens is 382 g/mol. The van der Waals surface area contributed by atoms with Crippen molar-refractivity contribution in [3.63, 3.8) is 0 Å². The fraction of sp³-hybridized carbons (Fsp3) is 0.368. The number of para-hydroxylation sites is 1. The number of nitrogens with zero attached hydrogens (tertiary/aromatic N) is 3. The van der Waals surface area contributed by atoms with E-state index in [2.05, 4.69) is 4.90 Å². The molecule has 1 fully saturated rings. The molecule has 2 aromatic carbocycles. The number of non-ortho nitro benzene ring substituents is 1. The molecule has 1 heterocycles. The van der Waals surface area contributed by atoms with Gasteiger partial charge in [0, 0.05) is 44.9 Å². The van der Waals surface area contributed by atoms with E-state index in [1.807, 2.05) is 31.2 Å². The molecule has 0 bridgehead atoms. The van der Waals surface area contributed by atoms with Crippen molar-refractivity contribution in [2.24, 2.45) is 0 Å². The summed E-state index contributed by atoms with van der Waals surface area (Å²) in [6.07, 6.45) is 0. The predicted octanol–water partition coefficient (Wildman–Crippen LogP) is 2.29. The average Bonchev–Trinajstić information content (AvgIpc) is 2.70. The molecule has 0 aliphatic carbocycles. The molecule has 150 valence electrons. The first-order valence-corrected chi connectivity index (χ1v) is 10.5. The van der Waals surface area contributed by atoms with Crippen molar-refractivity contribution >= 4 is 15.7 Å². The van der Waals surface area contributed by atoms with Crippen LogP contribution in [0.4, 0.5) is 5.69 Å². The highest BCUT2D eigenvalue weighted by atomic mass is 32.2. The molecule has 1 aliphatic rings. The van der Waals surface area contributed by atoms with E-state index in [-0.39, 0.29) is 10.6 Å². The Bertz CT molecular complexity index is 923. The molecule has 3 rings (SSSR count). The van der Waals surface area contributed by atoms with Crippen LogP contribution in [0, 0.1) is 17.0 Å². The summed E-state index contributed by atoms with van der Waals surface area (Å²) in [6, 6.07) is 12.8. The molecule has 0 atom stereocenters. The van der Waals surface area contributed by atoms with Crippen LogP contribution >= 0.6 is 0 Å². The van der Waals surface area contributed by atoms with Gasteiger partial charge in [0.1, 0.15) is 12.4 Å². The lowest BCUT2D eigenvalue weighted by atomic mass is 10.2. The highest BCUT2D eigenvalue weighted by Gasteiger charge is 2.28. The molecule has 8 nitrogen and oxygen atoms in total. The second kappa shape index (κ2) is 8.68. The summed E-state index contributed by atoms with van der Waals surface area (Å²) in [5.41, 5.74) is 0.957. The quantitative estimate of drug-likeness (QED) is 0.518. The lowest BCUT2D eigenvalue weighted by molar-refractivity contribution is -0.384. The van der Waals surface area contributed by atoms with Crippen LogP contribution in [0.3, 0.4) is 0 Å². The molecular formula is C19H23N3O5S. The van der Waals surface area contributed by atoms with E-state index in [1.165, 1.54) is 28.6 Å². The van der Waals surface area contributed by atoms with Gasteiger partial charge in [-0.25, -0.2) is 8.42 Å². The fourth-order valence-corrected chi connectivity index (χ4v) is 4.51. The van der Waals surface area contributed by atoms with Gasteiger partial charge in [-0.05, 0) is 30.7 Å². The lowest BCUT2D eigenvalue weighted by Crippen LogP contribution is -2.49. The van der Waals surface area contributed by atoms with Gasteiger partial charge in [0.05, 0.1) is 9.82 Å². The third kappa shape index (κ3) is 4.67. The predicted molar refractivity (Wildman–Crippen MR) is 105 cm³/mol. The largest absolute Gasteiger partial charge is 0.492 e. The normalized spacial score (nSPS) is 16.0. The van der Waals surface area contributed by atoms with Gasteiger partial charge in [-0.3, -0.25) is 15.0 Å². The first kappa shape index (κ1) is 20.2. The van der Waals surface area contributed by atoms with E-state index in [0.29, 0.717) is 32.8 Å². The molecule has 0 unspecified atom stereocenters. The van der Waals surface area contributed by atoms with Crippen molar-refractivity contribution in [1.29, 1.82) is 0 Å². The van der Waals surface area contributed by atoms with Crippen molar-refractivity contribution in [3.05, 3.63) is 64.2 Å². The van der Waals surface area contributed by atoms with Crippen LogP contribution in [-0.2, 0) is 10.0 Å². The summed E-state index contributed by atoms with van der Waals surface area (Å²) < 4.78 is 32.7. The lowest BCUT2D eigenvalue weighted by Gasteiger charge is -2.33. The molecule has 0 spiro atoms. The van der Waals surface area contributed by atoms with Crippen LogP contribution in [-0.4, -0.2) is 61.9 Å². The molecule has 9 heteroatoms. The standard InChI is InChI=1S/C19H23N3O5S/c1-16-4-2-3-5-19(16)27-15-14-20-10-12-21(13-11-20)28(25,26)18-8-6-17(7-9-18)22(23)24/h2-9H,10-15H2,1H3. The molecule has 2 aromatic rings. The molecule has 1 saturated heterocycles. The Kier molecular flexibility index (Phi) is 6.28. The van der Waals surface area contributed by atoms with Crippen LogP contribution in [0.5, 0.6) is 5.75 Å². The van der Waals surface area contributed by atoms with Crippen molar-refractivity contribution < 1.29 is 18.1 Å². The third-order valence-electron chi connectivity index (χ3n) is 4.78. The summed E-state index contributed by atoms with van der Waals surface area (Å²) in [5.74, 6) is 0.863. The van der Waals surface area contributed by atoms with Gasteiger partial charge in [0.15, 0.2) is 0 Å². The fourth-order valence-electron chi connectivity index (χ4n) is 3.09. The summed E-state index contributed by atoms with van der Waals surface area (Å²) in [4.78, 5) is 12.4. The Morgan fingerprint density at radius 1 is 1.04 bits per heavy atom. The molecule has 0 radical (unpaired) electrons. The van der Waals surface area contributed by atoms with Gasteiger partial charge in [-0.2, -0.15) is 4.31 Å². The van der Waals surface area contributed by atoms with Crippen molar-refractivity contribution in [2.45, 2.75) is 11.8 Å². The number of hydrogen-bond donors (Lipinski definition) is 0. The Hall–Kier alpha value is -2.49. The number of nitro groups is 1. The van der Waals surface area contributed by atoms with Gasteiger partial charge in [0.25, 0.3) is 5.69 Å². The first-order chi connectivity index (χ1) is 13.4. The summed E-state index contributed by atoms with van der Waals surface area (Å²) in [7, 11) is -3.64. The minimum absolute atomic E-state index is 0.0782. The highest BCUT2D eigenvalue weighted by Crippen LogP contribution is 2.21. The number of ether oxygens (including phenoxy) is 1. The molecule has 1 aliphatic heterocycles. The van der Waals surface area contributed by atoms with Crippen molar-refractivity contribution in [2.75, 3.05) is 39.3 Å². The topological polar surface area (TPSA) is 93.0 Å². The number of piperazine rings is 1. The maximum atomic E-state index is 12.7. The van der Waals surface area contributed by atoms with E-state index >= 15 is 0 Å². The van der Waals surface area contributed by atoms with E-state index < -0.39 is 14.9 Å². The Balaban J connectivity index is 1.51. The van der Waals surface area contributed by atoms with Crippen LogP contribution in [0.15, 0.2) is 53.4 Å². The van der Waals surface area contributed by atoms with Crippen LogP contribution in [0.25, 0.3) is 0 Å². The average molecular weight is 405 g/mol. The maximum Gasteiger partial charge on any atom is 0.269 e. The van der Waals surface area contributed by atoms with E-state index in [1.54, 1.807) is 0 Å². The van der Waals surface area contributed by atoms with Crippen LogP contribution in [0.2, 0.25) is 0 Å². The van der Waals surface area contributed by atoms with Crippen molar-refractivity contribution in [1.82, 2.24) is 9.21 Å². The van der Waals surface area contributed by atoms with Crippen LogP contribution in [0.1, 0.15) is 5.56 Å². The van der Waals surface area contributed by atoms with Gasteiger partial charge in [0.2, 0.25) is 10.0 Å². The Morgan fingerprint density at radius 2 is 1.68 bits per heavy atom. The highest BCUT2D eigenvalue weighted by molar-refractivity contribution is 7.89. The number of sulfonamides is 1. The van der Waals surface area contributed by atoms with Gasteiger partial charge >= 0.3 is 0 Å². The van der Waals surface area contributed by atoms with E-state index in [9.17, 15) is 18.5 Å². The third-order valence-corrected chi connectivity index (χ3v) is 6.69. The number of nitro benzene ring substituents is 1. The maximum absolute atomic E-state index is 12.7. The number of benzene rings is 2. The first-order valence-electron chi connectivity index (χ1n) is 9.03. The summed E-state index contributed by atoms with van der Waals surface area (Å²) >= 11 is 0. The second-order valence-electron chi connectivity index (χ2n) is 6.61. The Morgan fingerprint density at radius 3 is 2.29 bits per heavy atom. The minimum atomic E-state index is -3.64. The van der Waals surface area contributed by atoms with Crippen molar-refractivity contribution in [3.8, 4) is 5.75 Å². The van der Waals surface area contributed by atoms with E-state index in [0.717, 1.165) is 17.9 Å². The zero-order chi connectivity index (χ0) is 20.1. The monoisotopic (exact) mass is 405 g/mol. The van der Waals surface area contributed by atoms with Crippen LogP contribution < -0.4 is 4.74 Å². The van der Waals surface area contributed by atoms with Gasteiger partial charge < -0.3 is 4.74 Å². The van der Waals surface area contributed by atoms with Gasteiger partial charge in [-0.15, -0.1) is 0 Å². The zero-order valence-electron chi connectivity index (χ0n) is 15.7. The molecule has 0 aromatic heterocycles. The molecule has 0 saturated carbocycles. The molecule has 0 N–H and O–H groups in total.